The van der Waals surface area contributed by atoms with E-state index in [0.29, 0.717) is 19.6 Å². The van der Waals surface area contributed by atoms with Gasteiger partial charge in [0.15, 0.2) is 0 Å². The van der Waals surface area contributed by atoms with Crippen molar-refractivity contribution in [2.24, 2.45) is 5.84 Å². The molecule has 0 radical (unpaired) electrons. The van der Waals surface area contributed by atoms with Crippen LogP contribution in [0, 0.1) is 0 Å². The van der Waals surface area contributed by atoms with Gasteiger partial charge < -0.3 is 15.1 Å². The van der Waals surface area contributed by atoms with Gasteiger partial charge in [-0.25, -0.2) is 5.84 Å². The van der Waals surface area contributed by atoms with Crippen LogP contribution in [0.1, 0.15) is 6.42 Å². The lowest BCUT2D eigenvalue weighted by Crippen LogP contribution is -2.33. The van der Waals surface area contributed by atoms with Gasteiger partial charge in [0.1, 0.15) is 0 Å². The van der Waals surface area contributed by atoms with E-state index in [4.69, 9.17) is 16.1 Å². The molecule has 0 amide bonds. The van der Waals surface area contributed by atoms with Crippen molar-refractivity contribution in [2.45, 2.75) is 6.42 Å². The Bertz CT molecular complexity index is 150. The maximum absolute atomic E-state index is 10.8. The minimum absolute atomic E-state index is 0.00974. The summed E-state index contributed by atoms with van der Waals surface area (Å²) in [5.74, 6) is 4.29. The van der Waals surface area contributed by atoms with Crippen LogP contribution >= 0.6 is 0 Å². The molecule has 0 bridgehead atoms. The zero-order valence-corrected chi connectivity index (χ0v) is 7.98. The molecule has 0 atom stereocenters. The minimum Gasteiger partial charge on any atom is -0.395 e. The molecule has 0 aliphatic carbocycles. The molecule has 0 aromatic heterocycles. The maximum atomic E-state index is 10.8. The predicted molar refractivity (Wildman–Crippen MR) is 48.6 cm³/mol. The molecule has 0 fully saturated rings. The van der Waals surface area contributed by atoms with E-state index in [1.165, 1.54) is 0 Å². The zero-order chi connectivity index (χ0) is 10.8. The summed E-state index contributed by atoms with van der Waals surface area (Å²) in [5, 5.41) is 17.3. The van der Waals surface area contributed by atoms with Crippen molar-refractivity contribution in [3.05, 3.63) is 0 Å². The Morgan fingerprint density at radius 2 is 1.86 bits per heavy atom. The van der Waals surface area contributed by atoms with Gasteiger partial charge in [-0.3, -0.25) is 9.69 Å². The number of nitrogens with two attached hydrogens (primary N) is 1. The van der Waals surface area contributed by atoms with Crippen LogP contribution in [0.4, 0.5) is 0 Å². The highest BCUT2D eigenvalue weighted by molar-refractivity contribution is 5.69. The van der Waals surface area contributed by atoms with Gasteiger partial charge in [-0.05, 0) is 0 Å². The molecule has 84 valence electrons. The van der Waals surface area contributed by atoms with Crippen molar-refractivity contribution in [3.8, 4) is 0 Å². The second-order valence-corrected chi connectivity index (χ2v) is 2.63. The second kappa shape index (κ2) is 8.85. The molecule has 0 heterocycles. The third kappa shape index (κ3) is 6.75. The van der Waals surface area contributed by atoms with Crippen molar-refractivity contribution >= 4 is 5.97 Å². The average molecular weight is 207 g/mol. The standard InChI is InChI=1S/C7H17N3O4/c8-9-14-7(13)1-2-10(3-5-11)4-6-12/h9,11-12H,1-6,8H2. The fourth-order valence-electron chi connectivity index (χ4n) is 0.984. The van der Waals surface area contributed by atoms with Crippen LogP contribution in [0.3, 0.4) is 0 Å². The third-order valence-electron chi connectivity index (χ3n) is 1.64. The first-order valence-corrected chi connectivity index (χ1v) is 4.34. The quantitative estimate of drug-likeness (QED) is 0.259. The topological polar surface area (TPSA) is 108 Å². The van der Waals surface area contributed by atoms with Crippen LogP contribution < -0.4 is 11.4 Å². The predicted octanol–water partition coefficient (Wildman–Crippen LogP) is -2.42. The largest absolute Gasteiger partial charge is 0.395 e. The highest BCUT2D eigenvalue weighted by Gasteiger charge is 2.07. The first-order valence-electron chi connectivity index (χ1n) is 4.34. The number of hydrogen-bond acceptors (Lipinski definition) is 7. The van der Waals surface area contributed by atoms with E-state index in [1.54, 1.807) is 10.5 Å². The number of nitrogens with one attached hydrogen (secondary N) is 1. The number of carbonyl (C=O) groups is 1. The Morgan fingerprint density at radius 3 is 2.29 bits per heavy atom. The van der Waals surface area contributed by atoms with Crippen molar-refractivity contribution in [2.75, 3.05) is 32.8 Å². The number of rotatable bonds is 8. The average Bonchev–Trinajstić information content (AvgIpc) is 2.15. The zero-order valence-electron chi connectivity index (χ0n) is 7.98. The van der Waals surface area contributed by atoms with E-state index >= 15 is 0 Å². The second-order valence-electron chi connectivity index (χ2n) is 2.63. The first kappa shape index (κ1) is 13.3. The number of aliphatic hydroxyl groups excluding tert-OH is 2. The summed E-state index contributed by atoms with van der Waals surface area (Å²) in [6.45, 7) is 1.24. The van der Waals surface area contributed by atoms with Gasteiger partial charge in [-0.1, -0.05) is 5.59 Å². The van der Waals surface area contributed by atoms with Gasteiger partial charge in [0.25, 0.3) is 0 Å². The van der Waals surface area contributed by atoms with Gasteiger partial charge in [-0.15, -0.1) is 0 Å². The van der Waals surface area contributed by atoms with E-state index < -0.39 is 5.97 Å². The van der Waals surface area contributed by atoms with Gasteiger partial charge in [0, 0.05) is 19.6 Å². The molecule has 0 saturated carbocycles. The number of hydrazine groups is 1. The van der Waals surface area contributed by atoms with E-state index in [9.17, 15) is 4.79 Å². The van der Waals surface area contributed by atoms with E-state index in [0.717, 1.165) is 0 Å². The van der Waals surface area contributed by atoms with Crippen LogP contribution in [-0.2, 0) is 9.63 Å². The molecule has 0 saturated heterocycles. The van der Waals surface area contributed by atoms with E-state index in [1.807, 2.05) is 0 Å². The summed E-state index contributed by atoms with van der Waals surface area (Å²) < 4.78 is 0. The summed E-state index contributed by atoms with van der Waals surface area (Å²) in [6, 6.07) is 0. The summed E-state index contributed by atoms with van der Waals surface area (Å²) in [5.41, 5.74) is 1.79. The Hall–Kier alpha value is -0.730. The lowest BCUT2D eigenvalue weighted by molar-refractivity contribution is -0.151. The highest BCUT2D eigenvalue weighted by Crippen LogP contribution is 1.92. The van der Waals surface area contributed by atoms with Crippen LogP contribution in [0.25, 0.3) is 0 Å². The molecular weight excluding hydrogens is 190 g/mol. The highest BCUT2D eigenvalue weighted by atomic mass is 16.7. The smallest absolute Gasteiger partial charge is 0.327 e. The number of aliphatic hydroxyl groups is 2. The summed E-state index contributed by atoms with van der Waals surface area (Å²) in [4.78, 5) is 16.9. The molecule has 7 nitrogen and oxygen atoms in total. The molecule has 5 N–H and O–H groups in total. The SMILES string of the molecule is NNOC(=O)CCN(CCO)CCO. The Morgan fingerprint density at radius 1 is 1.29 bits per heavy atom. The van der Waals surface area contributed by atoms with Crippen molar-refractivity contribution < 1.29 is 19.8 Å². The third-order valence-corrected chi connectivity index (χ3v) is 1.64. The molecule has 7 heteroatoms. The molecule has 14 heavy (non-hydrogen) atoms. The number of nitrogens with zero attached hydrogens (tertiary/aromatic N) is 1. The van der Waals surface area contributed by atoms with Crippen LogP contribution in [0.15, 0.2) is 0 Å². The molecule has 0 aliphatic heterocycles. The lowest BCUT2D eigenvalue weighted by Gasteiger charge is -2.18. The van der Waals surface area contributed by atoms with E-state index in [2.05, 4.69) is 4.84 Å². The Kier molecular flexibility index (Phi) is 8.39. The number of carbonyl (C=O) groups excluding carboxylic acids is 1. The molecule has 0 aromatic carbocycles. The van der Waals surface area contributed by atoms with Gasteiger partial charge >= 0.3 is 5.97 Å². The van der Waals surface area contributed by atoms with Crippen LogP contribution in [0.2, 0.25) is 0 Å². The molecular formula is C7H17N3O4. The molecule has 0 unspecified atom stereocenters. The van der Waals surface area contributed by atoms with Crippen molar-refractivity contribution in [3.63, 3.8) is 0 Å². The molecule has 0 rings (SSSR count). The summed E-state index contributed by atoms with van der Waals surface area (Å²) >= 11 is 0. The Balaban J connectivity index is 3.63. The summed E-state index contributed by atoms with van der Waals surface area (Å²) in [7, 11) is 0. The van der Waals surface area contributed by atoms with Gasteiger partial charge in [0.2, 0.25) is 0 Å². The maximum Gasteiger partial charge on any atom is 0.327 e. The Labute approximate surface area is 82.4 Å². The van der Waals surface area contributed by atoms with Gasteiger partial charge in [-0.2, -0.15) is 0 Å². The lowest BCUT2D eigenvalue weighted by atomic mass is 10.3. The summed E-state index contributed by atoms with van der Waals surface area (Å²) in [6.07, 6.45) is 0.157. The minimum atomic E-state index is -0.478. The molecule has 0 aliphatic rings. The number of hydrogen-bond donors (Lipinski definition) is 4. The first-order chi connectivity index (χ1) is 6.74. The fourth-order valence-corrected chi connectivity index (χ4v) is 0.984. The van der Waals surface area contributed by atoms with Crippen LogP contribution in [0.5, 0.6) is 0 Å². The van der Waals surface area contributed by atoms with Gasteiger partial charge in [0.05, 0.1) is 19.6 Å². The molecule has 0 aromatic rings. The van der Waals surface area contributed by atoms with Crippen LogP contribution in [-0.4, -0.2) is 53.9 Å². The normalized spacial score (nSPS) is 10.6. The van der Waals surface area contributed by atoms with Crippen molar-refractivity contribution in [1.29, 1.82) is 0 Å². The molecule has 0 spiro atoms. The van der Waals surface area contributed by atoms with Crippen molar-refractivity contribution in [1.82, 2.24) is 10.5 Å². The monoisotopic (exact) mass is 207 g/mol. The fraction of sp³-hybridized carbons (Fsp3) is 0.857. The van der Waals surface area contributed by atoms with E-state index in [-0.39, 0.29) is 19.6 Å².